The molecule has 1 amide bonds. The molecule has 3 fully saturated rings. The van der Waals surface area contributed by atoms with Crippen LogP contribution in [0.25, 0.3) is 0 Å². The van der Waals surface area contributed by atoms with E-state index in [1.54, 1.807) is 0 Å². The molecular formula is C19H27FN3O+. The Morgan fingerprint density at radius 1 is 1.17 bits per heavy atom. The Morgan fingerprint density at radius 3 is 2.54 bits per heavy atom. The number of hydrogen-bond acceptors (Lipinski definition) is 2. The molecule has 0 spiro atoms. The van der Waals surface area contributed by atoms with E-state index in [1.807, 2.05) is 12.1 Å². The molecule has 3 atom stereocenters. The lowest BCUT2D eigenvalue weighted by Crippen LogP contribution is -3.16. The third kappa shape index (κ3) is 3.41. The zero-order chi connectivity index (χ0) is 16.5. The van der Waals surface area contributed by atoms with Gasteiger partial charge in [0.25, 0.3) is 5.91 Å². The number of hydrogen-bond donors (Lipinski definition) is 2. The first-order valence-electron chi connectivity index (χ1n) is 9.31. The summed E-state index contributed by atoms with van der Waals surface area (Å²) >= 11 is 0. The fraction of sp³-hybridized carbons (Fsp3) is 0.632. The molecule has 3 aliphatic rings. The number of carbonyl (C=O) groups is 1. The molecule has 0 unspecified atom stereocenters. The molecule has 4 rings (SSSR count). The summed E-state index contributed by atoms with van der Waals surface area (Å²) in [6, 6.07) is 7.13. The van der Waals surface area contributed by atoms with Gasteiger partial charge in [-0.25, -0.2) is 4.39 Å². The average molecular weight is 332 g/mol. The predicted octanol–water partition coefficient (Wildman–Crippen LogP) is 0.835. The van der Waals surface area contributed by atoms with E-state index in [1.165, 1.54) is 42.7 Å². The van der Waals surface area contributed by atoms with E-state index < -0.39 is 0 Å². The number of benzene rings is 1. The molecule has 1 heterocycles. The summed E-state index contributed by atoms with van der Waals surface area (Å²) in [5.74, 6) is 1.63. The van der Waals surface area contributed by atoms with Crippen molar-refractivity contribution in [1.82, 2.24) is 5.32 Å². The number of halogens is 1. The molecule has 130 valence electrons. The van der Waals surface area contributed by atoms with Crippen molar-refractivity contribution in [2.24, 2.45) is 11.8 Å². The molecule has 24 heavy (non-hydrogen) atoms. The second-order valence-corrected chi connectivity index (χ2v) is 7.74. The van der Waals surface area contributed by atoms with E-state index in [2.05, 4.69) is 10.2 Å². The first-order valence-corrected chi connectivity index (χ1v) is 9.31. The number of fused-ring (bicyclic) bond motifs is 2. The van der Waals surface area contributed by atoms with E-state index in [-0.39, 0.29) is 11.7 Å². The molecule has 5 heteroatoms. The molecule has 4 nitrogen and oxygen atoms in total. The highest BCUT2D eigenvalue weighted by Crippen LogP contribution is 2.44. The summed E-state index contributed by atoms with van der Waals surface area (Å²) in [5.41, 5.74) is 1.07. The zero-order valence-electron chi connectivity index (χ0n) is 14.1. The monoisotopic (exact) mass is 332 g/mol. The van der Waals surface area contributed by atoms with E-state index in [9.17, 15) is 9.18 Å². The average Bonchev–Trinajstić information content (AvgIpc) is 3.19. The van der Waals surface area contributed by atoms with E-state index >= 15 is 0 Å². The van der Waals surface area contributed by atoms with Crippen LogP contribution in [0, 0.1) is 17.7 Å². The van der Waals surface area contributed by atoms with Gasteiger partial charge in [0.05, 0.1) is 26.2 Å². The van der Waals surface area contributed by atoms with Crippen LogP contribution in [-0.4, -0.2) is 44.7 Å². The predicted molar refractivity (Wildman–Crippen MR) is 91.6 cm³/mol. The Hall–Kier alpha value is -1.62. The van der Waals surface area contributed by atoms with Gasteiger partial charge in [-0.1, -0.05) is 6.42 Å². The summed E-state index contributed by atoms with van der Waals surface area (Å²) < 4.78 is 13.0. The van der Waals surface area contributed by atoms with Crippen molar-refractivity contribution in [3.05, 3.63) is 30.1 Å². The maximum Gasteiger partial charge on any atom is 0.275 e. The van der Waals surface area contributed by atoms with Gasteiger partial charge >= 0.3 is 0 Å². The molecule has 2 aliphatic carbocycles. The molecule has 2 N–H and O–H groups in total. The van der Waals surface area contributed by atoms with Gasteiger partial charge in [-0.3, -0.25) is 4.79 Å². The highest BCUT2D eigenvalue weighted by atomic mass is 19.1. The normalized spacial score (nSPS) is 29.9. The van der Waals surface area contributed by atoms with Crippen LogP contribution in [0.2, 0.25) is 0 Å². The molecule has 0 radical (unpaired) electrons. The van der Waals surface area contributed by atoms with Crippen LogP contribution in [0.3, 0.4) is 0 Å². The first kappa shape index (κ1) is 15.9. The molecular weight excluding hydrogens is 305 g/mol. The number of nitrogens with one attached hydrogen (secondary N) is 2. The number of carbonyl (C=O) groups excluding carboxylic acids is 1. The number of nitrogens with zero attached hydrogens (tertiary/aromatic N) is 1. The Kier molecular flexibility index (Phi) is 4.44. The van der Waals surface area contributed by atoms with Crippen molar-refractivity contribution in [2.45, 2.75) is 31.7 Å². The SMILES string of the molecule is O=C(C[NH+]1CCN(c2ccc(F)cc2)CC1)N[C@@H]1C[C@@H]2CC[C@@H]1C2. The van der Waals surface area contributed by atoms with Crippen molar-refractivity contribution in [3.8, 4) is 0 Å². The lowest BCUT2D eigenvalue weighted by Gasteiger charge is -2.33. The second-order valence-electron chi connectivity index (χ2n) is 7.74. The summed E-state index contributed by atoms with van der Waals surface area (Å²) in [7, 11) is 0. The maximum absolute atomic E-state index is 13.0. The van der Waals surface area contributed by atoms with Gasteiger partial charge in [0.15, 0.2) is 6.54 Å². The van der Waals surface area contributed by atoms with Gasteiger partial charge in [-0.2, -0.15) is 0 Å². The van der Waals surface area contributed by atoms with Gasteiger partial charge in [0.1, 0.15) is 5.82 Å². The van der Waals surface area contributed by atoms with E-state index in [4.69, 9.17) is 0 Å². The molecule has 1 aromatic rings. The highest BCUT2D eigenvalue weighted by molar-refractivity contribution is 5.77. The van der Waals surface area contributed by atoms with Crippen LogP contribution in [0.5, 0.6) is 0 Å². The van der Waals surface area contributed by atoms with Crippen molar-refractivity contribution < 1.29 is 14.1 Å². The van der Waals surface area contributed by atoms with Crippen molar-refractivity contribution >= 4 is 11.6 Å². The molecule has 1 saturated heterocycles. The number of piperazine rings is 1. The number of anilines is 1. The Bertz CT molecular complexity index is 583. The van der Waals surface area contributed by atoms with E-state index in [0.29, 0.717) is 12.6 Å². The van der Waals surface area contributed by atoms with Crippen molar-refractivity contribution in [2.75, 3.05) is 37.6 Å². The second kappa shape index (κ2) is 6.71. The summed E-state index contributed by atoms with van der Waals surface area (Å²) in [5, 5.41) is 3.29. The third-order valence-electron chi connectivity index (χ3n) is 6.16. The van der Waals surface area contributed by atoms with Gasteiger partial charge in [0.2, 0.25) is 0 Å². The lowest BCUT2D eigenvalue weighted by molar-refractivity contribution is -0.892. The first-order chi connectivity index (χ1) is 11.7. The minimum atomic E-state index is -0.194. The van der Waals surface area contributed by atoms with E-state index in [0.717, 1.165) is 43.7 Å². The Morgan fingerprint density at radius 2 is 1.92 bits per heavy atom. The summed E-state index contributed by atoms with van der Waals surface area (Å²) in [4.78, 5) is 16.0. The fourth-order valence-corrected chi connectivity index (χ4v) is 4.82. The maximum atomic E-state index is 13.0. The van der Waals surface area contributed by atoms with Crippen LogP contribution >= 0.6 is 0 Å². The highest BCUT2D eigenvalue weighted by Gasteiger charge is 2.40. The zero-order valence-corrected chi connectivity index (χ0v) is 14.1. The molecule has 0 aromatic heterocycles. The number of amides is 1. The minimum Gasteiger partial charge on any atom is -0.360 e. The van der Waals surface area contributed by atoms with Crippen LogP contribution in [0.1, 0.15) is 25.7 Å². The summed E-state index contributed by atoms with van der Waals surface area (Å²) in [6.45, 7) is 4.35. The van der Waals surface area contributed by atoms with Crippen LogP contribution < -0.4 is 15.1 Å². The quantitative estimate of drug-likeness (QED) is 0.857. The number of quaternary nitrogens is 1. The van der Waals surface area contributed by atoms with Crippen LogP contribution in [0.15, 0.2) is 24.3 Å². The molecule has 2 bridgehead atoms. The van der Waals surface area contributed by atoms with Crippen molar-refractivity contribution in [1.29, 1.82) is 0 Å². The standard InChI is InChI=1S/C19H26FN3O/c20-16-3-5-17(6-4-16)23-9-7-22(8-10-23)13-19(24)21-18-12-14-1-2-15(18)11-14/h3-6,14-15,18H,1-2,7-13H2,(H,21,24)/p+1/t14-,15-,18-/m1/s1. The molecule has 2 saturated carbocycles. The van der Waals surface area contributed by atoms with Crippen LogP contribution in [0.4, 0.5) is 10.1 Å². The van der Waals surface area contributed by atoms with Crippen LogP contribution in [-0.2, 0) is 4.79 Å². The van der Waals surface area contributed by atoms with Crippen molar-refractivity contribution in [3.63, 3.8) is 0 Å². The van der Waals surface area contributed by atoms with Gasteiger partial charge in [0, 0.05) is 11.7 Å². The third-order valence-corrected chi connectivity index (χ3v) is 6.16. The lowest BCUT2D eigenvalue weighted by atomic mass is 9.95. The fourth-order valence-electron chi connectivity index (χ4n) is 4.82. The van der Waals surface area contributed by atoms with Gasteiger partial charge in [-0.05, 0) is 55.4 Å². The largest absolute Gasteiger partial charge is 0.360 e. The minimum absolute atomic E-state index is 0.194. The topological polar surface area (TPSA) is 36.8 Å². The number of rotatable bonds is 4. The molecule has 1 aliphatic heterocycles. The van der Waals surface area contributed by atoms with Gasteiger partial charge in [-0.15, -0.1) is 0 Å². The summed E-state index contributed by atoms with van der Waals surface area (Å²) in [6.07, 6.45) is 5.20. The van der Waals surface area contributed by atoms with Gasteiger partial charge < -0.3 is 15.1 Å². The molecule has 1 aromatic carbocycles. The Balaban J connectivity index is 1.23. The smallest absolute Gasteiger partial charge is 0.275 e. The Labute approximate surface area is 143 Å².